The fraction of sp³-hybridized carbons (Fsp3) is 0.500. The number of benzene rings is 1. The van der Waals surface area contributed by atoms with Gasteiger partial charge in [0, 0.05) is 32.3 Å². The lowest BCUT2D eigenvalue weighted by atomic mass is 10.1. The van der Waals surface area contributed by atoms with Gasteiger partial charge in [0.25, 0.3) is 5.91 Å². The molecule has 1 aromatic rings. The lowest BCUT2D eigenvalue weighted by Crippen LogP contribution is -2.39. The number of nitrogens with one attached hydrogen (secondary N) is 1. The highest BCUT2D eigenvalue weighted by Crippen LogP contribution is 2.21. The number of rotatable bonds is 6. The number of methoxy groups -OCH3 is 1. The Labute approximate surface area is 117 Å². The molecule has 0 aliphatic carbocycles. The van der Waals surface area contributed by atoms with Crippen LogP contribution in [0.2, 0.25) is 0 Å². The molecule has 112 valence electrons. The van der Waals surface area contributed by atoms with Gasteiger partial charge in [0.2, 0.25) is 0 Å². The highest BCUT2D eigenvalue weighted by Gasteiger charge is 2.21. The Balaban J connectivity index is 3.06. The molecular formula is C14H20F2N2O2. The van der Waals surface area contributed by atoms with Gasteiger partial charge in [0.05, 0.1) is 6.61 Å². The van der Waals surface area contributed by atoms with Gasteiger partial charge < -0.3 is 15.0 Å². The van der Waals surface area contributed by atoms with E-state index in [1.807, 2.05) is 13.8 Å². The molecule has 20 heavy (non-hydrogen) atoms. The Bertz CT molecular complexity index is 455. The predicted molar refractivity (Wildman–Crippen MR) is 74.0 cm³/mol. The molecule has 4 nitrogen and oxygen atoms in total. The van der Waals surface area contributed by atoms with Crippen molar-refractivity contribution >= 4 is 11.6 Å². The van der Waals surface area contributed by atoms with E-state index in [1.165, 1.54) is 19.1 Å². The summed E-state index contributed by atoms with van der Waals surface area (Å²) in [7, 11) is 2.95. The van der Waals surface area contributed by atoms with Gasteiger partial charge in [0.15, 0.2) is 0 Å². The first kappa shape index (κ1) is 16.4. The van der Waals surface area contributed by atoms with E-state index in [2.05, 4.69) is 5.32 Å². The minimum atomic E-state index is -0.786. The Morgan fingerprint density at radius 1 is 1.35 bits per heavy atom. The first-order valence-corrected chi connectivity index (χ1v) is 6.39. The minimum Gasteiger partial charge on any atom is -0.383 e. The van der Waals surface area contributed by atoms with E-state index >= 15 is 0 Å². The molecule has 1 amide bonds. The summed E-state index contributed by atoms with van der Waals surface area (Å²) in [5, 5.41) is 2.42. The third kappa shape index (κ3) is 3.66. The second kappa shape index (κ2) is 7.19. The summed E-state index contributed by atoms with van der Waals surface area (Å²) in [6.45, 7) is 4.40. The Kier molecular flexibility index (Phi) is 5.88. The van der Waals surface area contributed by atoms with Crippen molar-refractivity contribution in [1.82, 2.24) is 4.90 Å². The van der Waals surface area contributed by atoms with Crippen LogP contribution in [-0.2, 0) is 4.74 Å². The van der Waals surface area contributed by atoms with Crippen LogP contribution in [0.25, 0.3) is 0 Å². The average molecular weight is 286 g/mol. The summed E-state index contributed by atoms with van der Waals surface area (Å²) in [4.78, 5) is 13.8. The molecule has 1 aromatic carbocycles. The van der Waals surface area contributed by atoms with E-state index in [1.54, 1.807) is 0 Å². The van der Waals surface area contributed by atoms with Crippen LogP contribution in [0.15, 0.2) is 12.1 Å². The number of carbonyl (C=O) groups is 1. The molecule has 0 spiro atoms. The van der Waals surface area contributed by atoms with Crippen LogP contribution in [0.4, 0.5) is 14.5 Å². The van der Waals surface area contributed by atoms with E-state index in [9.17, 15) is 13.6 Å². The van der Waals surface area contributed by atoms with Crippen molar-refractivity contribution in [3.05, 3.63) is 29.3 Å². The first-order chi connectivity index (χ1) is 9.42. The van der Waals surface area contributed by atoms with E-state index < -0.39 is 17.5 Å². The average Bonchev–Trinajstić information content (AvgIpc) is 2.38. The van der Waals surface area contributed by atoms with Crippen LogP contribution >= 0.6 is 0 Å². The summed E-state index contributed by atoms with van der Waals surface area (Å²) in [5.41, 5.74) is -0.252. The summed E-state index contributed by atoms with van der Waals surface area (Å²) in [5.74, 6) is -1.99. The van der Waals surface area contributed by atoms with Gasteiger partial charge in [-0.2, -0.15) is 0 Å². The molecule has 0 saturated carbocycles. The molecule has 0 aliphatic heterocycles. The maximum atomic E-state index is 13.7. The third-order valence-electron chi connectivity index (χ3n) is 2.96. The number of amides is 1. The predicted octanol–water partition coefficient (Wildman–Crippen LogP) is 2.50. The molecule has 0 radical (unpaired) electrons. The summed E-state index contributed by atoms with van der Waals surface area (Å²) >= 11 is 0. The Morgan fingerprint density at radius 2 is 1.90 bits per heavy atom. The van der Waals surface area contributed by atoms with E-state index in [4.69, 9.17) is 4.74 Å². The van der Waals surface area contributed by atoms with Crippen LogP contribution < -0.4 is 5.32 Å². The third-order valence-corrected chi connectivity index (χ3v) is 2.96. The molecule has 0 fully saturated rings. The van der Waals surface area contributed by atoms with Crippen molar-refractivity contribution in [2.75, 3.05) is 32.6 Å². The molecule has 0 aliphatic rings. The molecule has 0 atom stereocenters. The first-order valence-electron chi connectivity index (χ1n) is 6.39. The number of ether oxygens (including phenoxy) is 1. The Morgan fingerprint density at radius 3 is 2.30 bits per heavy atom. The van der Waals surface area contributed by atoms with Crippen LogP contribution in [0.3, 0.4) is 0 Å². The monoisotopic (exact) mass is 286 g/mol. The van der Waals surface area contributed by atoms with Crippen LogP contribution in [-0.4, -0.2) is 44.2 Å². The number of anilines is 1. The van der Waals surface area contributed by atoms with Gasteiger partial charge in [-0.15, -0.1) is 0 Å². The van der Waals surface area contributed by atoms with Crippen molar-refractivity contribution in [3.63, 3.8) is 0 Å². The maximum absolute atomic E-state index is 13.7. The molecule has 1 N–H and O–H groups in total. The second-order valence-electron chi connectivity index (χ2n) is 4.65. The lowest BCUT2D eigenvalue weighted by Gasteiger charge is -2.26. The zero-order valence-corrected chi connectivity index (χ0v) is 12.2. The highest BCUT2D eigenvalue weighted by molar-refractivity contribution is 5.94. The fourth-order valence-corrected chi connectivity index (χ4v) is 1.89. The number of nitrogens with zero attached hydrogens (tertiary/aromatic N) is 1. The SMILES string of the molecule is CNc1c(F)cc(C(=O)N(CCOC)C(C)C)cc1F. The van der Waals surface area contributed by atoms with Gasteiger partial charge in [-0.3, -0.25) is 4.79 Å². The van der Waals surface area contributed by atoms with Crippen molar-refractivity contribution in [2.45, 2.75) is 19.9 Å². The summed E-state index contributed by atoms with van der Waals surface area (Å²) in [6.07, 6.45) is 0. The van der Waals surface area contributed by atoms with Gasteiger partial charge in [0.1, 0.15) is 17.3 Å². The minimum absolute atomic E-state index is 0.0104. The van der Waals surface area contributed by atoms with Crippen molar-refractivity contribution in [3.8, 4) is 0 Å². The van der Waals surface area contributed by atoms with Crippen molar-refractivity contribution < 1.29 is 18.3 Å². The Hall–Kier alpha value is -1.69. The smallest absolute Gasteiger partial charge is 0.254 e. The molecule has 1 rings (SSSR count). The highest BCUT2D eigenvalue weighted by atomic mass is 19.1. The van der Waals surface area contributed by atoms with Crippen molar-refractivity contribution in [2.24, 2.45) is 0 Å². The molecule has 0 unspecified atom stereocenters. The molecule has 6 heteroatoms. The summed E-state index contributed by atoms with van der Waals surface area (Å²) in [6, 6.07) is 1.99. The van der Waals surface area contributed by atoms with Crippen LogP contribution in [0.1, 0.15) is 24.2 Å². The number of hydrogen-bond donors (Lipinski definition) is 1. The van der Waals surface area contributed by atoms with Gasteiger partial charge in [-0.25, -0.2) is 8.78 Å². The lowest BCUT2D eigenvalue weighted by molar-refractivity contribution is 0.0634. The second-order valence-corrected chi connectivity index (χ2v) is 4.65. The molecule has 0 bridgehead atoms. The van der Waals surface area contributed by atoms with Gasteiger partial charge in [-0.1, -0.05) is 0 Å². The zero-order chi connectivity index (χ0) is 15.3. The largest absolute Gasteiger partial charge is 0.383 e. The topological polar surface area (TPSA) is 41.6 Å². The summed E-state index contributed by atoms with van der Waals surface area (Å²) < 4.78 is 32.3. The fourth-order valence-electron chi connectivity index (χ4n) is 1.89. The van der Waals surface area contributed by atoms with E-state index in [-0.39, 0.29) is 17.3 Å². The zero-order valence-electron chi connectivity index (χ0n) is 12.2. The standard InChI is InChI=1S/C14H20F2N2O2/c1-9(2)18(5-6-20-4)14(19)10-7-11(15)13(17-3)12(16)8-10/h7-9,17H,5-6H2,1-4H3. The number of carbonyl (C=O) groups excluding carboxylic acids is 1. The van der Waals surface area contributed by atoms with Crippen molar-refractivity contribution in [1.29, 1.82) is 0 Å². The quantitative estimate of drug-likeness (QED) is 0.873. The van der Waals surface area contributed by atoms with E-state index in [0.29, 0.717) is 13.2 Å². The molecule has 0 aromatic heterocycles. The normalized spacial score (nSPS) is 10.8. The van der Waals surface area contributed by atoms with Gasteiger partial charge >= 0.3 is 0 Å². The molecule has 0 heterocycles. The molecular weight excluding hydrogens is 266 g/mol. The molecule has 0 saturated heterocycles. The van der Waals surface area contributed by atoms with Crippen LogP contribution in [0, 0.1) is 11.6 Å². The van der Waals surface area contributed by atoms with E-state index in [0.717, 1.165) is 12.1 Å². The number of hydrogen-bond acceptors (Lipinski definition) is 3. The maximum Gasteiger partial charge on any atom is 0.254 e. The van der Waals surface area contributed by atoms with Crippen LogP contribution in [0.5, 0.6) is 0 Å². The number of halogens is 2. The van der Waals surface area contributed by atoms with Gasteiger partial charge in [-0.05, 0) is 26.0 Å².